The lowest BCUT2D eigenvalue weighted by Gasteiger charge is -2.19. The van der Waals surface area contributed by atoms with E-state index in [4.69, 9.17) is 5.73 Å². The number of hydrogen-bond acceptors (Lipinski definition) is 3. The lowest BCUT2D eigenvalue weighted by molar-refractivity contribution is 0.314. The highest BCUT2D eigenvalue weighted by Crippen LogP contribution is 2.21. The zero-order valence-electron chi connectivity index (χ0n) is 11.4. The number of halogens is 2. The van der Waals surface area contributed by atoms with Crippen LogP contribution in [0.4, 0.5) is 4.39 Å². The van der Waals surface area contributed by atoms with Crippen molar-refractivity contribution in [2.24, 2.45) is 5.73 Å². The van der Waals surface area contributed by atoms with E-state index in [0.29, 0.717) is 0 Å². The average molecular weight is 357 g/mol. The Balaban J connectivity index is 1.80. The van der Waals surface area contributed by atoms with E-state index in [1.165, 1.54) is 17.0 Å². The molecule has 2 nitrogen and oxygen atoms in total. The van der Waals surface area contributed by atoms with Gasteiger partial charge in [-0.25, -0.2) is 4.39 Å². The number of rotatable bonds is 6. The molecule has 0 bridgehead atoms. The van der Waals surface area contributed by atoms with Gasteiger partial charge in [-0.15, -0.1) is 11.3 Å². The van der Waals surface area contributed by atoms with Crippen molar-refractivity contribution in [1.82, 2.24) is 4.90 Å². The smallest absolute Gasteiger partial charge is 0.123 e. The Kier molecular flexibility index (Phi) is 5.72. The van der Waals surface area contributed by atoms with E-state index in [0.717, 1.165) is 29.5 Å². The van der Waals surface area contributed by atoms with Gasteiger partial charge in [-0.05, 0) is 53.2 Å². The number of nitrogens with zero attached hydrogens (tertiary/aromatic N) is 1. The molecule has 5 heteroatoms. The second kappa shape index (κ2) is 7.31. The number of thiophene rings is 1. The Morgan fingerprint density at radius 1 is 1.35 bits per heavy atom. The molecule has 1 aromatic carbocycles. The molecule has 0 aliphatic rings. The normalized spacial score (nSPS) is 12.8. The predicted octanol–water partition coefficient (Wildman–Crippen LogP) is 4.17. The highest BCUT2D eigenvalue weighted by atomic mass is 79.9. The summed E-state index contributed by atoms with van der Waals surface area (Å²) >= 11 is 5.21. The molecule has 1 heterocycles. The number of hydrogen-bond donors (Lipinski definition) is 1. The second-order valence-corrected chi connectivity index (χ2v) is 6.83. The Bertz CT molecular complexity index is 541. The SMILES string of the molecule is CN(CCC(N)c1ccc(F)cc1)Cc1cc(Br)cs1. The molecule has 0 aliphatic carbocycles. The highest BCUT2D eigenvalue weighted by Gasteiger charge is 2.09. The maximum atomic E-state index is 12.9. The molecule has 0 saturated carbocycles. The van der Waals surface area contributed by atoms with Gasteiger partial charge in [0, 0.05) is 33.9 Å². The summed E-state index contributed by atoms with van der Waals surface area (Å²) in [4.78, 5) is 3.58. The molecule has 2 aromatic rings. The first kappa shape index (κ1) is 15.6. The number of benzene rings is 1. The predicted molar refractivity (Wildman–Crippen MR) is 86.3 cm³/mol. The molecule has 0 saturated heterocycles. The van der Waals surface area contributed by atoms with Crippen molar-refractivity contribution >= 4 is 27.3 Å². The Labute approximate surface area is 131 Å². The Morgan fingerprint density at radius 2 is 2.05 bits per heavy atom. The lowest BCUT2D eigenvalue weighted by atomic mass is 10.0. The van der Waals surface area contributed by atoms with Crippen molar-refractivity contribution < 1.29 is 4.39 Å². The van der Waals surface area contributed by atoms with Gasteiger partial charge in [-0.3, -0.25) is 0 Å². The molecule has 0 fully saturated rings. The molecule has 2 rings (SSSR count). The standard InChI is InChI=1S/C15H18BrFN2S/c1-19(9-14-8-12(16)10-20-14)7-6-15(18)11-2-4-13(17)5-3-11/h2-5,8,10,15H,6-7,9,18H2,1H3. The Hall–Kier alpha value is -0.750. The van der Waals surface area contributed by atoms with E-state index in [1.807, 2.05) is 0 Å². The van der Waals surface area contributed by atoms with Gasteiger partial charge in [0.25, 0.3) is 0 Å². The first-order chi connectivity index (χ1) is 9.54. The van der Waals surface area contributed by atoms with Gasteiger partial charge in [0.15, 0.2) is 0 Å². The van der Waals surface area contributed by atoms with Crippen LogP contribution in [0.25, 0.3) is 0 Å². The monoisotopic (exact) mass is 356 g/mol. The van der Waals surface area contributed by atoms with Crippen LogP contribution in [0.2, 0.25) is 0 Å². The highest BCUT2D eigenvalue weighted by molar-refractivity contribution is 9.10. The Morgan fingerprint density at radius 3 is 2.65 bits per heavy atom. The maximum absolute atomic E-state index is 12.9. The van der Waals surface area contributed by atoms with E-state index in [1.54, 1.807) is 23.5 Å². The van der Waals surface area contributed by atoms with Crippen LogP contribution in [0.1, 0.15) is 22.9 Å². The molecule has 0 spiro atoms. The van der Waals surface area contributed by atoms with Crippen LogP contribution < -0.4 is 5.73 Å². The molecule has 20 heavy (non-hydrogen) atoms. The van der Waals surface area contributed by atoms with Crippen LogP contribution >= 0.6 is 27.3 Å². The maximum Gasteiger partial charge on any atom is 0.123 e. The fourth-order valence-corrected chi connectivity index (χ4v) is 3.55. The van der Waals surface area contributed by atoms with Crippen LogP contribution in [-0.4, -0.2) is 18.5 Å². The van der Waals surface area contributed by atoms with E-state index >= 15 is 0 Å². The first-order valence-corrected chi connectivity index (χ1v) is 8.14. The van der Waals surface area contributed by atoms with Gasteiger partial charge in [0.05, 0.1) is 0 Å². The molecule has 0 amide bonds. The largest absolute Gasteiger partial charge is 0.324 e. The summed E-state index contributed by atoms with van der Waals surface area (Å²) in [5, 5.41) is 2.09. The van der Waals surface area contributed by atoms with E-state index in [9.17, 15) is 4.39 Å². The fourth-order valence-electron chi connectivity index (χ4n) is 2.02. The average Bonchev–Trinajstić information content (AvgIpc) is 2.82. The van der Waals surface area contributed by atoms with E-state index in [2.05, 4.69) is 39.3 Å². The minimum Gasteiger partial charge on any atom is -0.324 e. The molecular weight excluding hydrogens is 339 g/mol. The van der Waals surface area contributed by atoms with Gasteiger partial charge < -0.3 is 10.6 Å². The molecule has 1 aromatic heterocycles. The van der Waals surface area contributed by atoms with Gasteiger partial charge in [0.1, 0.15) is 5.82 Å². The summed E-state index contributed by atoms with van der Waals surface area (Å²) in [5.41, 5.74) is 7.12. The van der Waals surface area contributed by atoms with E-state index < -0.39 is 0 Å². The van der Waals surface area contributed by atoms with Crippen molar-refractivity contribution in [3.05, 3.63) is 56.4 Å². The zero-order valence-corrected chi connectivity index (χ0v) is 13.8. The molecular formula is C15H18BrFN2S. The van der Waals surface area contributed by atoms with Crippen LogP contribution in [0.5, 0.6) is 0 Å². The summed E-state index contributed by atoms with van der Waals surface area (Å²) in [6.07, 6.45) is 0.856. The van der Waals surface area contributed by atoms with Crippen molar-refractivity contribution in [3.63, 3.8) is 0 Å². The fraction of sp³-hybridized carbons (Fsp3) is 0.333. The third-order valence-corrected chi connectivity index (χ3v) is 4.85. The van der Waals surface area contributed by atoms with Gasteiger partial charge >= 0.3 is 0 Å². The van der Waals surface area contributed by atoms with Crippen molar-refractivity contribution in [2.45, 2.75) is 19.0 Å². The van der Waals surface area contributed by atoms with E-state index in [-0.39, 0.29) is 11.9 Å². The summed E-state index contributed by atoms with van der Waals surface area (Å²) in [6, 6.07) is 8.53. The van der Waals surface area contributed by atoms with Crippen LogP contribution in [0.15, 0.2) is 40.2 Å². The zero-order chi connectivity index (χ0) is 14.5. The van der Waals surface area contributed by atoms with Crippen molar-refractivity contribution in [1.29, 1.82) is 0 Å². The second-order valence-electron chi connectivity index (χ2n) is 4.92. The number of nitrogens with two attached hydrogens (primary N) is 1. The molecule has 1 unspecified atom stereocenters. The van der Waals surface area contributed by atoms with Gasteiger partial charge in [-0.2, -0.15) is 0 Å². The van der Waals surface area contributed by atoms with Crippen molar-refractivity contribution in [3.8, 4) is 0 Å². The molecule has 0 aliphatic heterocycles. The lowest BCUT2D eigenvalue weighted by Crippen LogP contribution is -2.23. The van der Waals surface area contributed by atoms with Gasteiger partial charge in [-0.1, -0.05) is 12.1 Å². The summed E-state index contributed by atoms with van der Waals surface area (Å²) in [5.74, 6) is -0.221. The summed E-state index contributed by atoms with van der Waals surface area (Å²) in [6.45, 7) is 1.83. The molecule has 2 N–H and O–H groups in total. The third kappa shape index (κ3) is 4.66. The third-order valence-electron chi connectivity index (χ3n) is 3.17. The van der Waals surface area contributed by atoms with Crippen LogP contribution in [-0.2, 0) is 6.54 Å². The van der Waals surface area contributed by atoms with Crippen molar-refractivity contribution in [2.75, 3.05) is 13.6 Å². The molecule has 0 radical (unpaired) electrons. The minimum atomic E-state index is -0.221. The first-order valence-electron chi connectivity index (χ1n) is 6.47. The van der Waals surface area contributed by atoms with Crippen LogP contribution in [0, 0.1) is 5.82 Å². The topological polar surface area (TPSA) is 29.3 Å². The summed E-state index contributed by atoms with van der Waals surface area (Å²) in [7, 11) is 2.09. The summed E-state index contributed by atoms with van der Waals surface area (Å²) < 4.78 is 14.0. The molecule has 1 atom stereocenters. The molecule has 108 valence electrons. The van der Waals surface area contributed by atoms with Gasteiger partial charge in [0.2, 0.25) is 0 Å². The quantitative estimate of drug-likeness (QED) is 0.841. The minimum absolute atomic E-state index is 0.0480. The van der Waals surface area contributed by atoms with Crippen LogP contribution in [0.3, 0.4) is 0 Å².